The molecule has 1 N–H and O–H groups in total. The average Bonchev–Trinajstić information content (AvgIpc) is 2.78. The fourth-order valence-electron chi connectivity index (χ4n) is 3.94. The van der Waals surface area contributed by atoms with Crippen LogP contribution in [0.3, 0.4) is 0 Å². The topological polar surface area (TPSA) is 126 Å². The Kier molecular flexibility index (Phi) is 8.78. The number of ether oxygens (including phenoxy) is 5. The molecule has 5 atom stereocenters. The van der Waals surface area contributed by atoms with Crippen molar-refractivity contribution in [3.05, 3.63) is 48.0 Å². The summed E-state index contributed by atoms with van der Waals surface area (Å²) in [5.74, 6) is -2.34. The fourth-order valence-corrected chi connectivity index (χ4v) is 3.94. The predicted octanol–water partition coefficient (Wildman–Crippen LogP) is 2.01. The van der Waals surface area contributed by atoms with Gasteiger partial charge in [-0.3, -0.25) is 19.2 Å². The molecular formula is C25H29NO9. The molecule has 1 heterocycles. The van der Waals surface area contributed by atoms with Crippen LogP contribution in [0.15, 0.2) is 42.5 Å². The number of nitrogens with one attached hydrogen (secondary N) is 1. The third-order valence-electron chi connectivity index (χ3n) is 5.30. The van der Waals surface area contributed by atoms with E-state index in [0.29, 0.717) is 0 Å². The van der Waals surface area contributed by atoms with Gasteiger partial charge in [0.05, 0.1) is 6.61 Å². The summed E-state index contributed by atoms with van der Waals surface area (Å²) in [5.41, 5.74) is 0.844. The lowest BCUT2D eigenvalue weighted by Gasteiger charge is -2.44. The van der Waals surface area contributed by atoms with Crippen LogP contribution in [-0.4, -0.2) is 61.1 Å². The summed E-state index contributed by atoms with van der Waals surface area (Å²) < 4.78 is 28.0. The maximum Gasteiger partial charge on any atom is 0.303 e. The highest BCUT2D eigenvalue weighted by Crippen LogP contribution is 2.29. The molecule has 0 spiro atoms. The van der Waals surface area contributed by atoms with Crippen molar-refractivity contribution in [3.8, 4) is 0 Å². The van der Waals surface area contributed by atoms with Crippen LogP contribution >= 0.6 is 0 Å². The Morgan fingerprint density at radius 1 is 0.857 bits per heavy atom. The Morgan fingerprint density at radius 2 is 1.51 bits per heavy atom. The van der Waals surface area contributed by atoms with Crippen LogP contribution in [-0.2, 0) is 49.5 Å². The standard InChI is InChI=1S/C25H29NO9/c1-14(27)26-22-24(34-17(4)30)23(33-16(3)29)21(13-31-15(2)28)35-25(22)32-12-18-9-10-19-7-5-6-8-20(19)11-18/h5-11,21-25H,12-13H2,1-4H3,(H,26,27)/t21-,22+,23+,24-,25-/m1/s1. The highest BCUT2D eigenvalue weighted by atomic mass is 16.7. The van der Waals surface area contributed by atoms with E-state index in [-0.39, 0.29) is 13.2 Å². The van der Waals surface area contributed by atoms with E-state index in [1.165, 1.54) is 27.7 Å². The first-order chi connectivity index (χ1) is 16.6. The van der Waals surface area contributed by atoms with Gasteiger partial charge >= 0.3 is 17.9 Å². The molecule has 0 aliphatic carbocycles. The normalized spacial score (nSPS) is 23.8. The molecule has 1 amide bonds. The maximum absolute atomic E-state index is 12.0. The summed E-state index contributed by atoms with van der Waals surface area (Å²) in [6, 6.07) is 12.7. The zero-order valence-corrected chi connectivity index (χ0v) is 20.0. The molecule has 1 aliphatic heterocycles. The van der Waals surface area contributed by atoms with Gasteiger partial charge in [-0.2, -0.15) is 0 Å². The van der Waals surface area contributed by atoms with Crippen LogP contribution in [0.5, 0.6) is 0 Å². The van der Waals surface area contributed by atoms with Gasteiger partial charge in [0.25, 0.3) is 0 Å². The van der Waals surface area contributed by atoms with Crippen molar-refractivity contribution < 1.29 is 42.9 Å². The van der Waals surface area contributed by atoms with Crippen LogP contribution in [0.2, 0.25) is 0 Å². The molecule has 1 aliphatic rings. The molecule has 10 heteroatoms. The van der Waals surface area contributed by atoms with E-state index in [9.17, 15) is 19.2 Å². The lowest BCUT2D eigenvalue weighted by Crippen LogP contribution is -2.66. The summed E-state index contributed by atoms with van der Waals surface area (Å²) in [6.07, 6.45) is -4.44. The Labute approximate surface area is 202 Å². The fraction of sp³-hybridized carbons (Fsp3) is 0.440. The molecule has 10 nitrogen and oxygen atoms in total. The van der Waals surface area contributed by atoms with Crippen molar-refractivity contribution in [3.63, 3.8) is 0 Å². The summed E-state index contributed by atoms with van der Waals surface area (Å²) >= 11 is 0. The van der Waals surface area contributed by atoms with Gasteiger partial charge in [0, 0.05) is 27.7 Å². The second-order valence-electron chi connectivity index (χ2n) is 8.21. The molecule has 1 fully saturated rings. The molecular weight excluding hydrogens is 458 g/mol. The van der Waals surface area contributed by atoms with Crippen LogP contribution in [0.1, 0.15) is 33.3 Å². The van der Waals surface area contributed by atoms with Gasteiger partial charge in [-0.15, -0.1) is 0 Å². The molecule has 0 radical (unpaired) electrons. The lowest BCUT2D eigenvalue weighted by molar-refractivity contribution is -0.280. The van der Waals surface area contributed by atoms with Crippen molar-refractivity contribution in [2.75, 3.05) is 6.61 Å². The molecule has 0 aromatic heterocycles. The van der Waals surface area contributed by atoms with Gasteiger partial charge in [0.2, 0.25) is 5.91 Å². The SMILES string of the molecule is CC(=O)N[C@@H]1[C@H](OCc2ccc3ccccc3c2)O[C@H](COC(C)=O)[C@H](OC(C)=O)[C@@H]1OC(C)=O. The Morgan fingerprint density at radius 3 is 2.14 bits per heavy atom. The molecule has 1 saturated heterocycles. The molecule has 2 aromatic carbocycles. The van der Waals surface area contributed by atoms with Crippen LogP contribution < -0.4 is 5.32 Å². The average molecular weight is 488 g/mol. The van der Waals surface area contributed by atoms with Crippen molar-refractivity contribution >= 4 is 34.6 Å². The largest absolute Gasteiger partial charge is 0.463 e. The first-order valence-corrected chi connectivity index (χ1v) is 11.1. The van der Waals surface area contributed by atoms with E-state index in [1.807, 2.05) is 42.5 Å². The smallest absolute Gasteiger partial charge is 0.303 e. The molecule has 0 bridgehead atoms. The first-order valence-electron chi connectivity index (χ1n) is 11.1. The van der Waals surface area contributed by atoms with Gasteiger partial charge in [-0.25, -0.2) is 0 Å². The second kappa shape index (κ2) is 11.8. The Hall–Kier alpha value is -3.50. The van der Waals surface area contributed by atoms with Gasteiger partial charge < -0.3 is 29.0 Å². The second-order valence-corrected chi connectivity index (χ2v) is 8.21. The quantitative estimate of drug-likeness (QED) is 0.439. The van der Waals surface area contributed by atoms with Gasteiger partial charge in [0.15, 0.2) is 18.5 Å². The van der Waals surface area contributed by atoms with Gasteiger partial charge in [0.1, 0.15) is 18.8 Å². The molecule has 3 rings (SSSR count). The van der Waals surface area contributed by atoms with Gasteiger partial charge in [-0.05, 0) is 22.4 Å². The summed E-state index contributed by atoms with van der Waals surface area (Å²) in [5, 5.41) is 4.77. The van der Waals surface area contributed by atoms with E-state index < -0.39 is 54.5 Å². The van der Waals surface area contributed by atoms with Crippen LogP contribution in [0, 0.1) is 0 Å². The van der Waals surface area contributed by atoms with Gasteiger partial charge in [-0.1, -0.05) is 36.4 Å². The van der Waals surface area contributed by atoms with Crippen molar-refractivity contribution in [1.82, 2.24) is 5.32 Å². The molecule has 2 aromatic rings. The number of hydrogen-bond acceptors (Lipinski definition) is 9. The highest BCUT2D eigenvalue weighted by Gasteiger charge is 2.51. The van der Waals surface area contributed by atoms with E-state index >= 15 is 0 Å². The van der Waals surface area contributed by atoms with Crippen molar-refractivity contribution in [1.29, 1.82) is 0 Å². The monoisotopic (exact) mass is 487 g/mol. The number of carbonyl (C=O) groups excluding carboxylic acids is 4. The third kappa shape index (κ3) is 7.24. The number of esters is 3. The van der Waals surface area contributed by atoms with E-state index in [1.54, 1.807) is 0 Å². The first kappa shape index (κ1) is 26.1. The highest BCUT2D eigenvalue weighted by molar-refractivity contribution is 5.83. The number of amides is 1. The summed E-state index contributed by atoms with van der Waals surface area (Å²) in [7, 11) is 0. The molecule has 0 unspecified atom stereocenters. The number of benzene rings is 2. The van der Waals surface area contributed by atoms with E-state index in [0.717, 1.165) is 16.3 Å². The maximum atomic E-state index is 12.0. The zero-order chi connectivity index (χ0) is 25.5. The number of hydrogen-bond donors (Lipinski definition) is 1. The van der Waals surface area contributed by atoms with E-state index in [2.05, 4.69) is 5.32 Å². The molecule has 0 saturated carbocycles. The van der Waals surface area contributed by atoms with Crippen LogP contribution in [0.25, 0.3) is 10.8 Å². The zero-order valence-electron chi connectivity index (χ0n) is 20.0. The Bertz CT molecular complexity index is 1090. The van der Waals surface area contributed by atoms with Crippen molar-refractivity contribution in [2.45, 2.75) is 64.9 Å². The van der Waals surface area contributed by atoms with E-state index in [4.69, 9.17) is 23.7 Å². The third-order valence-corrected chi connectivity index (χ3v) is 5.30. The number of carbonyl (C=O) groups is 4. The minimum absolute atomic E-state index is 0.108. The molecule has 35 heavy (non-hydrogen) atoms. The minimum atomic E-state index is -1.16. The Balaban J connectivity index is 1.90. The number of rotatable bonds is 8. The summed E-state index contributed by atoms with van der Waals surface area (Å²) in [4.78, 5) is 47.1. The minimum Gasteiger partial charge on any atom is -0.463 e. The summed E-state index contributed by atoms with van der Waals surface area (Å²) in [6.45, 7) is 4.71. The van der Waals surface area contributed by atoms with Crippen molar-refractivity contribution in [2.24, 2.45) is 0 Å². The lowest BCUT2D eigenvalue weighted by atomic mass is 9.96. The molecule has 188 valence electrons. The number of fused-ring (bicyclic) bond motifs is 1. The predicted molar refractivity (Wildman–Crippen MR) is 123 cm³/mol. The van der Waals surface area contributed by atoms with Crippen LogP contribution in [0.4, 0.5) is 0 Å².